The highest BCUT2D eigenvalue weighted by Gasteiger charge is 2.52. The van der Waals surface area contributed by atoms with Crippen LogP contribution in [-0.4, -0.2) is 37.1 Å². The molecule has 50 heavy (non-hydrogen) atoms. The zero-order valence-electron chi connectivity index (χ0n) is 31.0. The molecule has 8 nitrogen and oxygen atoms in total. The molecule has 0 radical (unpaired) electrons. The number of esters is 4. The van der Waals surface area contributed by atoms with E-state index in [2.05, 4.69) is 13.8 Å². The maximum absolute atomic E-state index is 12.8. The number of cyclic esters (lactones) is 4. The summed E-state index contributed by atoms with van der Waals surface area (Å²) < 4.78 is 23.5. The molecule has 4 atom stereocenters. The molecule has 8 heteroatoms. The lowest BCUT2D eigenvalue weighted by molar-refractivity contribution is -0.155. The van der Waals surface area contributed by atoms with Crippen molar-refractivity contribution in [3.05, 3.63) is 22.3 Å². The number of carbonyl (C=O) groups excluding carboxylic acids is 4. The number of benzene rings is 1. The van der Waals surface area contributed by atoms with Crippen LogP contribution in [0.4, 0.5) is 0 Å². The zero-order valence-corrected chi connectivity index (χ0v) is 31.0. The van der Waals surface area contributed by atoms with Gasteiger partial charge >= 0.3 is 23.9 Å². The van der Waals surface area contributed by atoms with Crippen molar-refractivity contribution in [2.75, 3.05) is 13.2 Å². The Morgan fingerprint density at radius 1 is 0.400 bits per heavy atom. The van der Waals surface area contributed by atoms with Crippen LogP contribution >= 0.6 is 0 Å². The average Bonchev–Trinajstić information content (AvgIpc) is 3.55. The van der Waals surface area contributed by atoms with Gasteiger partial charge in [0.15, 0.2) is 0 Å². The Morgan fingerprint density at radius 3 is 0.900 bits per heavy atom. The highest BCUT2D eigenvalue weighted by molar-refractivity contribution is 5.98. The first-order chi connectivity index (χ1) is 24.4. The maximum atomic E-state index is 12.8. The second kappa shape index (κ2) is 19.6. The van der Waals surface area contributed by atoms with Gasteiger partial charge in [0, 0.05) is 22.3 Å². The average molecular weight is 695 g/mol. The Labute approximate surface area is 300 Å². The molecule has 4 unspecified atom stereocenters. The molecule has 0 aromatic heterocycles. The van der Waals surface area contributed by atoms with Gasteiger partial charge in [0.1, 0.15) is 11.5 Å². The number of unbranched alkanes of at least 4 members (excludes halogenated alkanes) is 18. The predicted octanol–water partition coefficient (Wildman–Crippen LogP) is 9.11. The molecule has 2 aliphatic carbocycles. The van der Waals surface area contributed by atoms with Crippen LogP contribution in [-0.2, 0) is 54.3 Å². The van der Waals surface area contributed by atoms with E-state index < -0.39 is 47.5 Å². The van der Waals surface area contributed by atoms with Crippen LogP contribution in [0.1, 0.15) is 165 Å². The molecule has 0 spiro atoms. The smallest absolute Gasteiger partial charge is 0.317 e. The monoisotopic (exact) mass is 694 g/mol. The molecule has 4 aliphatic rings. The first-order valence-corrected chi connectivity index (χ1v) is 20.4. The van der Waals surface area contributed by atoms with Crippen molar-refractivity contribution in [2.24, 2.45) is 23.7 Å². The highest BCUT2D eigenvalue weighted by atomic mass is 16.6. The number of ether oxygens (including phenoxy) is 4. The van der Waals surface area contributed by atoms with Crippen molar-refractivity contribution in [2.45, 2.75) is 168 Å². The maximum Gasteiger partial charge on any atom is 0.317 e. The molecular formula is C42H62O8. The van der Waals surface area contributed by atoms with Gasteiger partial charge in [-0.2, -0.15) is 0 Å². The van der Waals surface area contributed by atoms with Gasteiger partial charge in [-0.3, -0.25) is 19.2 Å². The molecule has 0 N–H and O–H groups in total. The van der Waals surface area contributed by atoms with Crippen molar-refractivity contribution >= 4 is 23.9 Å². The molecule has 2 aliphatic heterocycles. The molecule has 2 fully saturated rings. The predicted molar refractivity (Wildman–Crippen MR) is 192 cm³/mol. The minimum atomic E-state index is -0.545. The molecule has 0 amide bonds. The Kier molecular flexibility index (Phi) is 15.1. The van der Waals surface area contributed by atoms with Gasteiger partial charge in [-0.1, -0.05) is 129 Å². The molecule has 1 aromatic carbocycles. The van der Waals surface area contributed by atoms with E-state index in [-0.39, 0.29) is 0 Å². The summed E-state index contributed by atoms with van der Waals surface area (Å²) in [4.78, 5) is 51.1. The van der Waals surface area contributed by atoms with Crippen LogP contribution in [0.25, 0.3) is 0 Å². The van der Waals surface area contributed by atoms with E-state index >= 15 is 0 Å². The lowest BCUT2D eigenvalue weighted by Gasteiger charge is -2.34. The second-order valence-electron chi connectivity index (χ2n) is 15.4. The fourth-order valence-electron chi connectivity index (χ4n) is 8.59. The SMILES string of the molecule is CCCCCCCCCCCCOc1c2c(c(OCCCCCCCCCCCC)c3c1CC1C(=O)OC(=O)C1C3)CC1C(=O)OC(=O)C1C2. The Hall–Kier alpha value is -2.90. The molecule has 2 heterocycles. The summed E-state index contributed by atoms with van der Waals surface area (Å²) in [6.45, 7) is 5.55. The van der Waals surface area contributed by atoms with Crippen molar-refractivity contribution in [1.29, 1.82) is 0 Å². The van der Waals surface area contributed by atoms with Crippen LogP contribution < -0.4 is 9.47 Å². The van der Waals surface area contributed by atoms with Crippen LogP contribution in [0.5, 0.6) is 11.5 Å². The number of hydrogen-bond acceptors (Lipinski definition) is 8. The summed E-state index contributed by atoms with van der Waals surface area (Å²) in [6, 6.07) is 0. The minimum absolute atomic E-state index is 0.345. The quantitative estimate of drug-likeness (QED) is 0.0600. The van der Waals surface area contributed by atoms with Crippen LogP contribution in [0, 0.1) is 23.7 Å². The van der Waals surface area contributed by atoms with E-state index in [4.69, 9.17) is 18.9 Å². The normalized spacial score (nSPS) is 22.1. The van der Waals surface area contributed by atoms with Crippen molar-refractivity contribution in [1.82, 2.24) is 0 Å². The third kappa shape index (κ3) is 9.70. The molecule has 2 saturated heterocycles. The molecule has 0 bridgehead atoms. The number of carbonyl (C=O) groups is 4. The standard InChI is InChI=1S/C42H62O8/c1-3-5-7-9-11-13-15-17-19-21-23-47-37-29-25-33-35(41(45)49-39(33)43)27-31(29)38(48-24-22-20-18-16-14-12-10-8-6-4-2)32-28-36-34(26-30(32)37)40(44)50-42(36)46/h33-36H,3-28H2,1-2H3. The summed E-state index contributed by atoms with van der Waals surface area (Å²) in [7, 11) is 0. The van der Waals surface area contributed by atoms with Crippen LogP contribution in [0.3, 0.4) is 0 Å². The van der Waals surface area contributed by atoms with Crippen molar-refractivity contribution in [3.63, 3.8) is 0 Å². The Balaban J connectivity index is 1.28. The molecular weight excluding hydrogens is 632 g/mol. The number of hydrogen-bond donors (Lipinski definition) is 0. The van der Waals surface area contributed by atoms with Gasteiger partial charge in [-0.05, 0) is 38.5 Å². The lowest BCUT2D eigenvalue weighted by Crippen LogP contribution is -2.33. The Morgan fingerprint density at radius 2 is 0.640 bits per heavy atom. The van der Waals surface area contributed by atoms with E-state index in [0.717, 1.165) is 47.9 Å². The van der Waals surface area contributed by atoms with Crippen molar-refractivity contribution in [3.8, 4) is 11.5 Å². The second-order valence-corrected chi connectivity index (χ2v) is 15.4. The highest BCUT2D eigenvalue weighted by Crippen LogP contribution is 2.51. The summed E-state index contributed by atoms with van der Waals surface area (Å²) in [5.41, 5.74) is 3.60. The Bertz CT molecular complexity index is 1150. The van der Waals surface area contributed by atoms with Crippen LogP contribution in [0.2, 0.25) is 0 Å². The number of rotatable bonds is 24. The molecule has 5 rings (SSSR count). The minimum Gasteiger partial charge on any atom is -0.493 e. The first kappa shape index (κ1) is 38.3. The van der Waals surface area contributed by atoms with Gasteiger partial charge in [0.25, 0.3) is 0 Å². The summed E-state index contributed by atoms with van der Waals surface area (Å²) >= 11 is 0. The van der Waals surface area contributed by atoms with Gasteiger partial charge in [-0.15, -0.1) is 0 Å². The zero-order chi connectivity index (χ0) is 35.3. The third-order valence-corrected chi connectivity index (χ3v) is 11.6. The van der Waals surface area contributed by atoms with E-state index in [1.807, 2.05) is 0 Å². The molecule has 0 saturated carbocycles. The van der Waals surface area contributed by atoms with Gasteiger partial charge < -0.3 is 18.9 Å². The van der Waals surface area contributed by atoms with Crippen molar-refractivity contribution < 1.29 is 38.1 Å². The topological polar surface area (TPSA) is 105 Å². The number of fused-ring (bicyclic) bond motifs is 4. The summed E-state index contributed by atoms with van der Waals surface area (Å²) in [5.74, 6) is -2.63. The lowest BCUT2D eigenvalue weighted by atomic mass is 9.70. The van der Waals surface area contributed by atoms with Gasteiger partial charge in [0.2, 0.25) is 0 Å². The summed E-state index contributed by atoms with van der Waals surface area (Å²) in [5, 5.41) is 0. The van der Waals surface area contributed by atoms with E-state index in [1.165, 1.54) is 103 Å². The van der Waals surface area contributed by atoms with Gasteiger partial charge in [0.05, 0.1) is 36.9 Å². The van der Waals surface area contributed by atoms with E-state index in [9.17, 15) is 19.2 Å². The molecule has 278 valence electrons. The van der Waals surface area contributed by atoms with E-state index in [0.29, 0.717) is 50.4 Å². The fourth-order valence-corrected chi connectivity index (χ4v) is 8.59. The fraction of sp³-hybridized carbons (Fsp3) is 0.762. The summed E-state index contributed by atoms with van der Waals surface area (Å²) in [6.07, 6.45) is 25.9. The van der Waals surface area contributed by atoms with Gasteiger partial charge in [-0.25, -0.2) is 0 Å². The third-order valence-electron chi connectivity index (χ3n) is 11.6. The van der Waals surface area contributed by atoms with Crippen LogP contribution in [0.15, 0.2) is 0 Å². The molecule has 1 aromatic rings. The van der Waals surface area contributed by atoms with E-state index in [1.54, 1.807) is 0 Å². The largest absolute Gasteiger partial charge is 0.493 e. The first-order valence-electron chi connectivity index (χ1n) is 20.4.